The monoisotopic (exact) mass is 318 g/mol. The molecule has 1 aliphatic heterocycles. The zero-order chi connectivity index (χ0) is 16.7. The van der Waals surface area contributed by atoms with Gasteiger partial charge in [0.25, 0.3) is 5.69 Å². The minimum Gasteiger partial charge on any atom is -0.377 e. The van der Waals surface area contributed by atoms with Crippen LogP contribution in [0.3, 0.4) is 0 Å². The van der Waals surface area contributed by atoms with E-state index < -0.39 is 4.92 Å². The fraction of sp³-hybridized carbons (Fsp3) is 0.105. The van der Waals surface area contributed by atoms with Gasteiger partial charge in [0, 0.05) is 29.8 Å². The fourth-order valence-electron chi connectivity index (χ4n) is 3.25. The van der Waals surface area contributed by atoms with Gasteiger partial charge in [-0.2, -0.15) is 0 Å². The van der Waals surface area contributed by atoms with Gasteiger partial charge in [-0.25, -0.2) is 0 Å². The number of carbonyl (C=O) groups is 1. The van der Waals surface area contributed by atoms with E-state index in [9.17, 15) is 14.9 Å². The maximum Gasteiger partial charge on any atom is 0.269 e. The van der Waals surface area contributed by atoms with Gasteiger partial charge in [0.15, 0.2) is 5.78 Å². The Labute approximate surface area is 138 Å². The highest BCUT2D eigenvalue weighted by atomic mass is 16.6. The molecule has 0 fully saturated rings. The van der Waals surface area contributed by atoms with E-state index in [0.29, 0.717) is 6.42 Å². The number of nitrogens with zero attached hydrogens (tertiary/aromatic N) is 1. The number of carbonyl (C=O) groups excluding carboxylic acids is 1. The molecule has 1 heterocycles. The maximum atomic E-state index is 12.7. The molecule has 1 N–H and O–H groups in total. The van der Waals surface area contributed by atoms with E-state index in [1.807, 2.05) is 36.4 Å². The first-order valence-corrected chi connectivity index (χ1v) is 7.69. The van der Waals surface area contributed by atoms with Crippen molar-refractivity contribution < 1.29 is 9.72 Å². The number of fused-ring (bicyclic) bond motifs is 3. The summed E-state index contributed by atoms with van der Waals surface area (Å²) in [6, 6.07) is 17.9. The third-order valence-corrected chi connectivity index (χ3v) is 4.43. The number of hydrogen-bond donors (Lipinski definition) is 1. The molecule has 3 aromatic carbocycles. The molecule has 0 bridgehead atoms. The van der Waals surface area contributed by atoms with Crippen LogP contribution in [-0.4, -0.2) is 10.7 Å². The van der Waals surface area contributed by atoms with Crippen molar-refractivity contribution in [2.45, 2.75) is 12.5 Å². The first kappa shape index (κ1) is 14.4. The molecule has 0 radical (unpaired) electrons. The highest BCUT2D eigenvalue weighted by Gasteiger charge is 2.27. The maximum absolute atomic E-state index is 12.7. The summed E-state index contributed by atoms with van der Waals surface area (Å²) in [5.74, 6) is 0.0869. The van der Waals surface area contributed by atoms with Gasteiger partial charge in [0.2, 0.25) is 0 Å². The number of hydrogen-bond acceptors (Lipinski definition) is 4. The fourth-order valence-corrected chi connectivity index (χ4v) is 3.25. The lowest BCUT2D eigenvalue weighted by Crippen LogP contribution is -2.23. The number of nitro groups is 1. The Bertz CT molecular complexity index is 964. The van der Waals surface area contributed by atoms with Crippen molar-refractivity contribution in [2.75, 3.05) is 5.32 Å². The van der Waals surface area contributed by atoms with Crippen LogP contribution in [-0.2, 0) is 0 Å². The van der Waals surface area contributed by atoms with Crippen LogP contribution in [0.25, 0.3) is 10.8 Å². The van der Waals surface area contributed by atoms with Gasteiger partial charge in [-0.05, 0) is 22.4 Å². The third kappa shape index (κ3) is 2.31. The van der Waals surface area contributed by atoms with E-state index in [0.717, 1.165) is 27.6 Å². The van der Waals surface area contributed by atoms with Crippen molar-refractivity contribution in [2.24, 2.45) is 0 Å². The summed E-state index contributed by atoms with van der Waals surface area (Å²) in [6.07, 6.45) is 0.332. The molecule has 0 unspecified atom stereocenters. The Morgan fingerprint density at radius 2 is 1.75 bits per heavy atom. The van der Waals surface area contributed by atoms with Crippen molar-refractivity contribution in [3.8, 4) is 0 Å². The Kier molecular flexibility index (Phi) is 3.27. The molecule has 118 valence electrons. The lowest BCUT2D eigenvalue weighted by molar-refractivity contribution is -0.384. The molecule has 4 rings (SSSR count). The van der Waals surface area contributed by atoms with Gasteiger partial charge in [-0.15, -0.1) is 0 Å². The van der Waals surface area contributed by atoms with E-state index in [4.69, 9.17) is 0 Å². The Balaban J connectivity index is 1.73. The molecule has 3 aromatic rings. The van der Waals surface area contributed by atoms with Gasteiger partial charge in [0.05, 0.1) is 11.0 Å². The first-order valence-electron chi connectivity index (χ1n) is 7.69. The second-order valence-electron chi connectivity index (χ2n) is 5.88. The van der Waals surface area contributed by atoms with Crippen LogP contribution in [0, 0.1) is 10.1 Å². The zero-order valence-corrected chi connectivity index (χ0v) is 12.7. The molecule has 24 heavy (non-hydrogen) atoms. The molecule has 0 amide bonds. The summed E-state index contributed by atoms with van der Waals surface area (Å²) in [7, 11) is 0. The topological polar surface area (TPSA) is 72.2 Å². The minimum absolute atomic E-state index is 0.0484. The number of nitro benzene ring substituents is 1. The molecule has 0 spiro atoms. The summed E-state index contributed by atoms with van der Waals surface area (Å²) in [5.41, 5.74) is 2.46. The summed E-state index contributed by atoms with van der Waals surface area (Å²) >= 11 is 0. The van der Waals surface area contributed by atoms with Crippen molar-refractivity contribution in [3.05, 3.63) is 81.9 Å². The molecular weight excluding hydrogens is 304 g/mol. The molecule has 0 saturated carbocycles. The highest BCUT2D eigenvalue weighted by molar-refractivity contribution is 6.14. The first-order chi connectivity index (χ1) is 11.6. The number of anilines is 1. The van der Waals surface area contributed by atoms with E-state index in [2.05, 4.69) is 5.32 Å². The van der Waals surface area contributed by atoms with Crippen LogP contribution in [0.15, 0.2) is 60.7 Å². The third-order valence-electron chi connectivity index (χ3n) is 4.43. The van der Waals surface area contributed by atoms with Crippen molar-refractivity contribution in [1.82, 2.24) is 0 Å². The summed E-state index contributed by atoms with van der Waals surface area (Å²) in [6.45, 7) is 0. The Morgan fingerprint density at radius 1 is 1.00 bits per heavy atom. The normalized spacial score (nSPS) is 16.5. The predicted octanol–water partition coefficient (Wildman–Crippen LogP) is 4.49. The van der Waals surface area contributed by atoms with Gasteiger partial charge in [-0.3, -0.25) is 14.9 Å². The lowest BCUT2D eigenvalue weighted by atomic mass is 9.89. The smallest absolute Gasteiger partial charge is 0.269 e. The lowest BCUT2D eigenvalue weighted by Gasteiger charge is -2.27. The second kappa shape index (κ2) is 5.45. The average Bonchev–Trinajstić information content (AvgIpc) is 2.61. The van der Waals surface area contributed by atoms with Gasteiger partial charge < -0.3 is 5.32 Å². The van der Waals surface area contributed by atoms with Gasteiger partial charge in [-0.1, -0.05) is 42.5 Å². The van der Waals surface area contributed by atoms with Crippen LogP contribution < -0.4 is 5.32 Å². The molecule has 0 aliphatic carbocycles. The number of Topliss-reactive ketones (excluding diaryl/α,β-unsaturated/α-hetero) is 1. The van der Waals surface area contributed by atoms with E-state index >= 15 is 0 Å². The quantitative estimate of drug-likeness (QED) is 0.558. The summed E-state index contributed by atoms with van der Waals surface area (Å²) < 4.78 is 0. The SMILES string of the molecule is O=C1C[C@@H](c2ccc([N+](=O)[O-])cc2)Nc2ccc3ccccc3c21. The zero-order valence-electron chi connectivity index (χ0n) is 12.7. The van der Waals surface area contributed by atoms with E-state index in [-0.39, 0.29) is 17.5 Å². The van der Waals surface area contributed by atoms with Crippen LogP contribution in [0.2, 0.25) is 0 Å². The molecular formula is C19H14N2O3. The minimum atomic E-state index is -0.426. The second-order valence-corrected chi connectivity index (χ2v) is 5.88. The van der Waals surface area contributed by atoms with Crippen molar-refractivity contribution in [3.63, 3.8) is 0 Å². The molecule has 0 saturated heterocycles. The summed E-state index contributed by atoms with van der Waals surface area (Å²) in [4.78, 5) is 23.0. The highest BCUT2D eigenvalue weighted by Crippen LogP contribution is 2.36. The van der Waals surface area contributed by atoms with Crippen molar-refractivity contribution in [1.29, 1.82) is 0 Å². The van der Waals surface area contributed by atoms with Crippen LogP contribution in [0.1, 0.15) is 28.4 Å². The van der Waals surface area contributed by atoms with E-state index in [1.165, 1.54) is 12.1 Å². The number of nitrogens with one attached hydrogen (secondary N) is 1. The van der Waals surface area contributed by atoms with Crippen LogP contribution >= 0.6 is 0 Å². The molecule has 5 heteroatoms. The number of benzene rings is 3. The van der Waals surface area contributed by atoms with Gasteiger partial charge in [0.1, 0.15) is 0 Å². The van der Waals surface area contributed by atoms with E-state index in [1.54, 1.807) is 12.1 Å². The predicted molar refractivity (Wildman–Crippen MR) is 92.4 cm³/mol. The molecule has 0 aromatic heterocycles. The summed E-state index contributed by atoms with van der Waals surface area (Å²) in [5, 5.41) is 16.2. The van der Waals surface area contributed by atoms with Gasteiger partial charge >= 0.3 is 0 Å². The molecule has 1 aliphatic rings. The number of ketones is 1. The molecule has 1 atom stereocenters. The standard InChI is InChI=1S/C19H14N2O3/c22-18-11-17(13-5-8-14(9-6-13)21(23)24)20-16-10-7-12-3-1-2-4-15(12)19(16)18/h1-10,17,20H,11H2/t17-/m0/s1. The number of rotatable bonds is 2. The Morgan fingerprint density at radius 3 is 2.50 bits per heavy atom. The largest absolute Gasteiger partial charge is 0.377 e. The van der Waals surface area contributed by atoms with Crippen LogP contribution in [0.5, 0.6) is 0 Å². The number of non-ortho nitro benzene ring substituents is 1. The van der Waals surface area contributed by atoms with Crippen molar-refractivity contribution >= 4 is 27.9 Å². The average molecular weight is 318 g/mol. The van der Waals surface area contributed by atoms with Crippen LogP contribution in [0.4, 0.5) is 11.4 Å². The Hall–Kier alpha value is -3.21. The molecule has 5 nitrogen and oxygen atoms in total.